The monoisotopic (exact) mass is 448 g/mol. The van der Waals surface area contributed by atoms with Crippen molar-refractivity contribution in [1.82, 2.24) is 9.97 Å². The molecule has 32 heavy (non-hydrogen) atoms. The molecule has 7 nitrogen and oxygen atoms in total. The van der Waals surface area contributed by atoms with Gasteiger partial charge in [0.05, 0.1) is 22.5 Å². The Bertz CT molecular complexity index is 1370. The van der Waals surface area contributed by atoms with E-state index < -0.39 is 10.0 Å². The second-order valence-corrected chi connectivity index (χ2v) is 9.02. The van der Waals surface area contributed by atoms with Crippen LogP contribution in [0.4, 0.5) is 17.3 Å². The van der Waals surface area contributed by atoms with Crippen LogP contribution in [0.15, 0.2) is 71.6 Å². The predicted octanol–water partition coefficient (Wildman–Crippen LogP) is 5.19. The van der Waals surface area contributed by atoms with Gasteiger partial charge in [0.15, 0.2) is 11.6 Å². The Labute approximate surface area is 187 Å². The number of rotatable bonds is 7. The Morgan fingerprint density at radius 2 is 1.53 bits per heavy atom. The lowest BCUT2D eigenvalue weighted by Crippen LogP contribution is -2.17. The molecular formula is C24H24N4O3S. The van der Waals surface area contributed by atoms with Crippen molar-refractivity contribution in [2.45, 2.75) is 25.7 Å². The molecule has 1 heterocycles. The molecule has 0 amide bonds. The number of hydrogen-bond donors (Lipinski definition) is 2. The first-order chi connectivity index (χ1) is 15.4. The third-order valence-corrected chi connectivity index (χ3v) is 6.34. The molecule has 0 saturated carbocycles. The van der Waals surface area contributed by atoms with Crippen LogP contribution in [-0.2, 0) is 10.0 Å². The van der Waals surface area contributed by atoms with Crippen molar-refractivity contribution in [3.8, 4) is 5.75 Å². The summed E-state index contributed by atoms with van der Waals surface area (Å²) in [4.78, 5) is 9.36. The number of aryl methyl sites for hydroxylation is 2. The van der Waals surface area contributed by atoms with Gasteiger partial charge in [-0.2, -0.15) is 0 Å². The number of fused-ring (bicyclic) bond motifs is 1. The van der Waals surface area contributed by atoms with Crippen molar-refractivity contribution >= 4 is 38.4 Å². The van der Waals surface area contributed by atoms with Gasteiger partial charge >= 0.3 is 0 Å². The lowest BCUT2D eigenvalue weighted by Gasteiger charge is -2.15. The van der Waals surface area contributed by atoms with Gasteiger partial charge in [0.1, 0.15) is 5.75 Å². The molecular weight excluding hydrogens is 424 g/mol. The summed E-state index contributed by atoms with van der Waals surface area (Å²) in [6.07, 6.45) is 0. The van der Waals surface area contributed by atoms with E-state index >= 15 is 0 Å². The summed E-state index contributed by atoms with van der Waals surface area (Å²) in [5, 5.41) is 3.18. The first kappa shape index (κ1) is 21.6. The average molecular weight is 449 g/mol. The van der Waals surface area contributed by atoms with E-state index in [1.807, 2.05) is 62.4 Å². The molecule has 0 aliphatic carbocycles. The van der Waals surface area contributed by atoms with Crippen molar-refractivity contribution in [1.29, 1.82) is 0 Å². The van der Waals surface area contributed by atoms with Gasteiger partial charge in [-0.25, -0.2) is 18.4 Å². The Kier molecular flexibility index (Phi) is 5.96. The molecule has 0 saturated heterocycles. The van der Waals surface area contributed by atoms with Crippen LogP contribution in [0.25, 0.3) is 11.0 Å². The molecule has 0 bridgehead atoms. The van der Waals surface area contributed by atoms with Gasteiger partial charge < -0.3 is 10.1 Å². The molecule has 0 aliphatic heterocycles. The minimum Gasteiger partial charge on any atom is -0.494 e. The van der Waals surface area contributed by atoms with Crippen LogP contribution in [0.2, 0.25) is 0 Å². The van der Waals surface area contributed by atoms with Crippen molar-refractivity contribution in [3.05, 3.63) is 77.9 Å². The fourth-order valence-corrected chi connectivity index (χ4v) is 4.62. The zero-order chi connectivity index (χ0) is 22.7. The van der Waals surface area contributed by atoms with E-state index in [1.54, 1.807) is 25.1 Å². The highest BCUT2D eigenvalue weighted by molar-refractivity contribution is 7.92. The van der Waals surface area contributed by atoms with Crippen molar-refractivity contribution in [2.75, 3.05) is 16.6 Å². The largest absolute Gasteiger partial charge is 0.494 e. The lowest BCUT2D eigenvalue weighted by atomic mass is 10.2. The molecule has 1 aromatic heterocycles. The van der Waals surface area contributed by atoms with Gasteiger partial charge in [-0.3, -0.25) is 4.72 Å². The summed E-state index contributed by atoms with van der Waals surface area (Å²) in [5.74, 6) is 1.18. The van der Waals surface area contributed by atoms with E-state index in [-0.39, 0.29) is 10.7 Å². The van der Waals surface area contributed by atoms with Crippen LogP contribution >= 0.6 is 0 Å². The number of para-hydroxylation sites is 2. The molecule has 4 rings (SSSR count). The molecule has 0 atom stereocenters. The number of nitrogens with one attached hydrogen (secondary N) is 2. The number of aromatic nitrogens is 2. The Morgan fingerprint density at radius 1 is 0.875 bits per heavy atom. The summed E-state index contributed by atoms with van der Waals surface area (Å²) in [5.41, 5.74) is 3.47. The summed E-state index contributed by atoms with van der Waals surface area (Å²) in [6.45, 7) is 6.12. The minimum atomic E-state index is -3.88. The van der Waals surface area contributed by atoms with Crippen LogP contribution in [-0.4, -0.2) is 25.0 Å². The molecule has 8 heteroatoms. The van der Waals surface area contributed by atoms with Gasteiger partial charge in [0, 0.05) is 5.69 Å². The van der Waals surface area contributed by atoms with Gasteiger partial charge in [0.2, 0.25) is 0 Å². The summed E-state index contributed by atoms with van der Waals surface area (Å²) >= 11 is 0. The average Bonchev–Trinajstić information content (AvgIpc) is 2.77. The molecule has 0 spiro atoms. The number of sulfonamides is 1. The quantitative estimate of drug-likeness (QED) is 0.404. The molecule has 164 valence electrons. The minimum absolute atomic E-state index is 0.124. The summed E-state index contributed by atoms with van der Waals surface area (Å²) < 4.78 is 34.5. The van der Waals surface area contributed by atoms with Crippen LogP contribution < -0.4 is 14.8 Å². The molecule has 0 aliphatic rings. The first-order valence-corrected chi connectivity index (χ1v) is 11.7. The molecule has 0 radical (unpaired) electrons. The van der Waals surface area contributed by atoms with Crippen LogP contribution in [0.5, 0.6) is 5.75 Å². The van der Waals surface area contributed by atoms with Gasteiger partial charge in [-0.1, -0.05) is 24.3 Å². The maximum Gasteiger partial charge on any atom is 0.263 e. The Hall–Kier alpha value is -3.65. The highest BCUT2D eigenvalue weighted by Gasteiger charge is 2.21. The number of benzene rings is 3. The SMILES string of the molecule is CCOc1ccc(Nc2nc3ccccc3nc2NS(=O)(=O)c2cc(C)ccc2C)cc1. The third kappa shape index (κ3) is 4.65. The summed E-state index contributed by atoms with van der Waals surface area (Å²) in [7, 11) is -3.88. The number of anilines is 3. The van der Waals surface area contributed by atoms with E-state index in [1.165, 1.54) is 0 Å². The molecule has 2 N–H and O–H groups in total. The Morgan fingerprint density at radius 3 is 2.19 bits per heavy atom. The highest BCUT2D eigenvalue weighted by Crippen LogP contribution is 2.28. The second-order valence-electron chi connectivity index (χ2n) is 7.37. The molecule has 3 aromatic carbocycles. The maximum atomic E-state index is 13.2. The maximum absolute atomic E-state index is 13.2. The van der Waals surface area contributed by atoms with E-state index in [9.17, 15) is 8.42 Å². The highest BCUT2D eigenvalue weighted by atomic mass is 32.2. The van der Waals surface area contributed by atoms with E-state index in [0.717, 1.165) is 17.0 Å². The third-order valence-electron chi connectivity index (χ3n) is 4.86. The number of nitrogens with zero attached hydrogens (tertiary/aromatic N) is 2. The smallest absolute Gasteiger partial charge is 0.263 e. The fraction of sp³-hybridized carbons (Fsp3) is 0.167. The molecule has 0 unspecified atom stereocenters. The lowest BCUT2D eigenvalue weighted by molar-refractivity contribution is 0.340. The van der Waals surface area contributed by atoms with Gasteiger partial charge in [-0.15, -0.1) is 0 Å². The van der Waals surface area contributed by atoms with Crippen LogP contribution in [0.3, 0.4) is 0 Å². The normalized spacial score (nSPS) is 11.3. The van der Waals surface area contributed by atoms with Crippen molar-refractivity contribution < 1.29 is 13.2 Å². The molecule has 4 aromatic rings. The van der Waals surface area contributed by atoms with Crippen LogP contribution in [0.1, 0.15) is 18.1 Å². The summed E-state index contributed by atoms with van der Waals surface area (Å²) in [6, 6.07) is 20.0. The number of hydrogen-bond acceptors (Lipinski definition) is 6. The van der Waals surface area contributed by atoms with Crippen molar-refractivity contribution in [2.24, 2.45) is 0 Å². The van der Waals surface area contributed by atoms with E-state index in [2.05, 4.69) is 20.0 Å². The van der Waals surface area contributed by atoms with Crippen molar-refractivity contribution in [3.63, 3.8) is 0 Å². The van der Waals surface area contributed by atoms with E-state index in [4.69, 9.17) is 4.74 Å². The van der Waals surface area contributed by atoms with Crippen LogP contribution in [0, 0.1) is 13.8 Å². The van der Waals surface area contributed by atoms with Gasteiger partial charge in [-0.05, 0) is 74.4 Å². The van der Waals surface area contributed by atoms with E-state index in [0.29, 0.717) is 29.0 Å². The number of ether oxygens (including phenoxy) is 1. The topological polar surface area (TPSA) is 93.2 Å². The first-order valence-electron chi connectivity index (χ1n) is 10.2. The second kappa shape index (κ2) is 8.84. The standard InChI is InChI=1S/C24H24N4O3S/c1-4-31-19-13-11-18(12-14-19)25-23-24(27-21-8-6-5-7-20(21)26-23)28-32(29,30)22-15-16(2)9-10-17(22)3/h5-15H,4H2,1-3H3,(H,25,26)(H,27,28). The fourth-order valence-electron chi connectivity index (χ4n) is 3.28. The predicted molar refractivity (Wildman–Crippen MR) is 127 cm³/mol. The van der Waals surface area contributed by atoms with Gasteiger partial charge in [0.25, 0.3) is 10.0 Å². The molecule has 0 fully saturated rings. The zero-order valence-corrected chi connectivity index (χ0v) is 18.9. The zero-order valence-electron chi connectivity index (χ0n) is 18.1. The Balaban J connectivity index is 1.75.